The van der Waals surface area contributed by atoms with Gasteiger partial charge < -0.3 is 10.2 Å². The molecule has 8 nitrogen and oxygen atoms in total. The summed E-state index contributed by atoms with van der Waals surface area (Å²) >= 11 is 0. The predicted molar refractivity (Wildman–Crippen MR) is 144 cm³/mol. The van der Waals surface area contributed by atoms with Gasteiger partial charge in [-0.1, -0.05) is 24.3 Å². The zero-order valence-electron chi connectivity index (χ0n) is 22.4. The van der Waals surface area contributed by atoms with Crippen molar-refractivity contribution in [3.8, 4) is 0 Å². The highest BCUT2D eigenvalue weighted by Crippen LogP contribution is 2.44. The van der Waals surface area contributed by atoms with Gasteiger partial charge in [-0.25, -0.2) is 0 Å². The molecule has 2 fully saturated rings. The van der Waals surface area contributed by atoms with Gasteiger partial charge in [0.1, 0.15) is 23.1 Å². The van der Waals surface area contributed by atoms with E-state index >= 15 is 0 Å². The van der Waals surface area contributed by atoms with Crippen LogP contribution < -0.4 is 0 Å². The average molecular weight is 547 g/mol. The van der Waals surface area contributed by atoms with Gasteiger partial charge in [0.2, 0.25) is 0 Å². The van der Waals surface area contributed by atoms with Crippen molar-refractivity contribution in [3.05, 3.63) is 58.1 Å². The molecule has 0 amide bonds. The van der Waals surface area contributed by atoms with Gasteiger partial charge in [0.05, 0.1) is 23.4 Å². The van der Waals surface area contributed by atoms with Crippen molar-refractivity contribution >= 4 is 34.7 Å². The summed E-state index contributed by atoms with van der Waals surface area (Å²) in [6.45, 7) is 0. The Balaban J connectivity index is 1.62. The molecule has 2 N–H and O–H groups in total. The maximum Gasteiger partial charge on any atom is 0.162 e. The van der Waals surface area contributed by atoms with Crippen molar-refractivity contribution < 1.29 is 39.0 Å². The van der Waals surface area contributed by atoms with Crippen molar-refractivity contribution in [1.82, 2.24) is 0 Å². The second-order valence-corrected chi connectivity index (χ2v) is 11.4. The Morgan fingerprint density at radius 2 is 0.775 bits per heavy atom. The number of aliphatic hydroxyl groups excluding tert-OH is 2. The van der Waals surface area contributed by atoms with Crippen LogP contribution in [0.2, 0.25) is 0 Å². The Morgan fingerprint density at radius 3 is 1.07 bits per heavy atom. The van der Waals surface area contributed by atoms with Gasteiger partial charge in [-0.05, 0) is 36.8 Å². The zero-order chi connectivity index (χ0) is 28.6. The summed E-state index contributed by atoms with van der Waals surface area (Å²) in [7, 11) is 0. The molecule has 0 radical (unpaired) electrons. The van der Waals surface area contributed by atoms with E-state index in [4.69, 9.17) is 0 Å². The minimum Gasteiger partial charge on any atom is -0.512 e. The SMILES string of the molecule is O=C1CCCC(O)=C1[C@H](c1ccc([C@H](C2=C(O)CCCC2=O)C2C(=O)CCCC2=O)cc1)C1C(=O)CCCC1=O. The maximum absolute atomic E-state index is 13.0. The fourth-order valence-electron chi connectivity index (χ4n) is 6.96. The van der Waals surface area contributed by atoms with Crippen LogP contribution >= 0.6 is 0 Å². The Bertz CT molecular complexity index is 1210. The van der Waals surface area contributed by atoms with Crippen LogP contribution in [-0.2, 0) is 28.8 Å². The zero-order valence-corrected chi connectivity index (χ0v) is 22.4. The molecule has 4 aliphatic rings. The van der Waals surface area contributed by atoms with Gasteiger partial charge in [-0.2, -0.15) is 0 Å². The van der Waals surface area contributed by atoms with E-state index < -0.39 is 23.7 Å². The molecule has 0 spiro atoms. The largest absolute Gasteiger partial charge is 0.512 e. The summed E-state index contributed by atoms with van der Waals surface area (Å²) < 4.78 is 0. The summed E-state index contributed by atoms with van der Waals surface area (Å²) in [4.78, 5) is 78.1. The summed E-state index contributed by atoms with van der Waals surface area (Å²) in [5.74, 6) is -5.87. The maximum atomic E-state index is 13.0. The second kappa shape index (κ2) is 11.4. The molecule has 0 aliphatic heterocycles. The molecule has 1 aromatic rings. The lowest BCUT2D eigenvalue weighted by molar-refractivity contribution is -0.138. The van der Waals surface area contributed by atoms with Crippen LogP contribution in [0.15, 0.2) is 46.9 Å². The third-order valence-electron chi connectivity index (χ3n) is 8.88. The molecule has 5 rings (SSSR count). The minimum absolute atomic E-state index is 0.101. The fraction of sp³-hybridized carbons (Fsp3) is 0.500. The van der Waals surface area contributed by atoms with E-state index in [1.807, 2.05) is 0 Å². The highest BCUT2D eigenvalue weighted by molar-refractivity contribution is 6.09. The molecule has 0 unspecified atom stereocenters. The Kier molecular flexibility index (Phi) is 7.97. The second-order valence-electron chi connectivity index (χ2n) is 11.4. The van der Waals surface area contributed by atoms with Crippen molar-refractivity contribution in [2.24, 2.45) is 11.8 Å². The smallest absolute Gasteiger partial charge is 0.162 e. The summed E-state index contributed by atoms with van der Waals surface area (Å²) in [6.07, 6.45) is 3.77. The average Bonchev–Trinajstić information content (AvgIpc) is 2.91. The van der Waals surface area contributed by atoms with E-state index in [1.54, 1.807) is 24.3 Å². The van der Waals surface area contributed by atoms with Crippen LogP contribution in [0.25, 0.3) is 0 Å². The van der Waals surface area contributed by atoms with Gasteiger partial charge in [0.25, 0.3) is 0 Å². The molecular weight excluding hydrogens is 512 g/mol. The Hall–Kier alpha value is -3.68. The molecule has 210 valence electrons. The van der Waals surface area contributed by atoms with E-state index in [1.165, 1.54) is 0 Å². The first-order valence-corrected chi connectivity index (χ1v) is 14.3. The lowest BCUT2D eigenvalue weighted by Crippen LogP contribution is -2.37. The van der Waals surface area contributed by atoms with Crippen LogP contribution in [0.5, 0.6) is 0 Å². The van der Waals surface area contributed by atoms with Crippen LogP contribution in [0.1, 0.15) is 100 Å². The van der Waals surface area contributed by atoms with E-state index in [-0.39, 0.29) is 109 Å². The van der Waals surface area contributed by atoms with Crippen LogP contribution in [-0.4, -0.2) is 44.9 Å². The van der Waals surface area contributed by atoms with E-state index in [9.17, 15) is 39.0 Å². The third kappa shape index (κ3) is 5.11. The van der Waals surface area contributed by atoms with Crippen LogP contribution in [0.3, 0.4) is 0 Å². The standard InChI is InChI=1S/C32H34O8/c33-19-5-1-6-20(34)29(19)27(30-21(35)7-2-8-22(30)36)17-13-15-18(16-14-17)28(31-23(37)9-3-10-24(31)38)32-25(39)11-4-12-26(32)40/h13-16,27-29,31,35,39H,1-12H2/t27-,28+. The number of allylic oxidation sites excluding steroid dienone is 4. The van der Waals surface area contributed by atoms with Crippen molar-refractivity contribution in [2.45, 2.75) is 88.9 Å². The molecule has 0 bridgehead atoms. The normalized spacial score (nSPS) is 23.7. The number of carbonyl (C=O) groups excluding carboxylic acids is 6. The van der Waals surface area contributed by atoms with E-state index in [0.29, 0.717) is 36.8 Å². The molecular formula is C32H34O8. The van der Waals surface area contributed by atoms with Crippen molar-refractivity contribution in [3.63, 3.8) is 0 Å². The van der Waals surface area contributed by atoms with Gasteiger partial charge in [0.15, 0.2) is 11.6 Å². The Morgan fingerprint density at radius 1 is 0.475 bits per heavy atom. The van der Waals surface area contributed by atoms with Crippen LogP contribution in [0, 0.1) is 11.8 Å². The molecule has 2 saturated carbocycles. The molecule has 40 heavy (non-hydrogen) atoms. The number of benzene rings is 1. The molecule has 1 aromatic carbocycles. The summed E-state index contributed by atoms with van der Waals surface area (Å²) in [5.41, 5.74) is 1.18. The van der Waals surface area contributed by atoms with Gasteiger partial charge in [-0.3, -0.25) is 28.8 Å². The first kappa shape index (κ1) is 27.9. The first-order chi connectivity index (χ1) is 19.2. The monoisotopic (exact) mass is 546 g/mol. The Labute approximate surface area is 232 Å². The summed E-state index contributed by atoms with van der Waals surface area (Å²) in [5, 5.41) is 21.5. The molecule has 0 saturated heterocycles. The highest BCUT2D eigenvalue weighted by Gasteiger charge is 2.45. The number of carbonyl (C=O) groups is 6. The van der Waals surface area contributed by atoms with E-state index in [2.05, 4.69) is 0 Å². The fourth-order valence-corrected chi connectivity index (χ4v) is 6.96. The molecule has 2 atom stereocenters. The summed E-state index contributed by atoms with van der Waals surface area (Å²) in [6, 6.07) is 6.58. The number of hydrogen-bond acceptors (Lipinski definition) is 8. The number of aliphatic hydroxyl groups is 2. The highest BCUT2D eigenvalue weighted by atomic mass is 16.3. The third-order valence-corrected chi connectivity index (χ3v) is 8.88. The lowest BCUT2D eigenvalue weighted by Gasteiger charge is -2.33. The minimum atomic E-state index is -1.08. The number of Topliss-reactive ketones (excluding diaryl/α,β-unsaturated/α-hetero) is 6. The number of rotatable bonds is 6. The molecule has 4 aliphatic carbocycles. The van der Waals surface area contributed by atoms with Gasteiger partial charge in [0, 0.05) is 74.3 Å². The first-order valence-electron chi connectivity index (χ1n) is 14.3. The number of hydrogen-bond donors (Lipinski definition) is 2. The number of ketones is 6. The van der Waals surface area contributed by atoms with Crippen LogP contribution in [0.4, 0.5) is 0 Å². The van der Waals surface area contributed by atoms with Gasteiger partial charge in [-0.15, -0.1) is 0 Å². The van der Waals surface area contributed by atoms with E-state index in [0.717, 1.165) is 0 Å². The topological polar surface area (TPSA) is 143 Å². The molecule has 0 aromatic heterocycles. The van der Waals surface area contributed by atoms with Crippen molar-refractivity contribution in [1.29, 1.82) is 0 Å². The molecule has 8 heteroatoms. The predicted octanol–water partition coefficient (Wildman–Crippen LogP) is 4.86. The quantitative estimate of drug-likeness (QED) is 0.482. The molecule has 0 heterocycles. The van der Waals surface area contributed by atoms with Crippen molar-refractivity contribution in [2.75, 3.05) is 0 Å². The lowest BCUT2D eigenvalue weighted by atomic mass is 9.67. The van der Waals surface area contributed by atoms with Gasteiger partial charge >= 0.3 is 0 Å².